The Bertz CT molecular complexity index is 406. The molecule has 21 heavy (non-hydrogen) atoms. The molecule has 0 fully saturated rings. The number of hydrogen-bond acceptors (Lipinski definition) is 3. The fraction of sp³-hybridized carbons (Fsp3) is 0.647. The fourth-order valence-corrected chi connectivity index (χ4v) is 2.53. The van der Waals surface area contributed by atoms with E-state index < -0.39 is 6.10 Å². The van der Waals surface area contributed by atoms with Gasteiger partial charge in [0.1, 0.15) is 11.6 Å². The van der Waals surface area contributed by atoms with Gasteiger partial charge in [0.25, 0.3) is 0 Å². The highest BCUT2D eigenvalue weighted by atomic mass is 19.1. The quantitative estimate of drug-likeness (QED) is 0.690. The number of aliphatic hydroxyl groups excluding tert-OH is 1. The number of ether oxygens (including phenoxy) is 1. The average Bonchev–Trinajstić information content (AvgIpc) is 2.45. The van der Waals surface area contributed by atoms with E-state index >= 15 is 0 Å². The van der Waals surface area contributed by atoms with E-state index in [0.29, 0.717) is 36.8 Å². The molecule has 1 atom stereocenters. The Morgan fingerprint density at radius 2 is 1.81 bits per heavy atom. The van der Waals surface area contributed by atoms with Crippen LogP contribution < -0.4 is 10.5 Å². The zero-order valence-electron chi connectivity index (χ0n) is 13.1. The number of benzene rings is 1. The summed E-state index contributed by atoms with van der Waals surface area (Å²) in [6.07, 6.45) is 4.15. The van der Waals surface area contributed by atoms with E-state index in [4.69, 9.17) is 10.5 Å². The van der Waals surface area contributed by atoms with Crippen molar-refractivity contribution in [3.8, 4) is 5.75 Å². The van der Waals surface area contributed by atoms with Crippen LogP contribution in [0.5, 0.6) is 5.75 Å². The maximum Gasteiger partial charge on any atom is 0.127 e. The van der Waals surface area contributed by atoms with Crippen molar-refractivity contribution in [3.63, 3.8) is 0 Å². The van der Waals surface area contributed by atoms with Crippen LogP contribution >= 0.6 is 0 Å². The van der Waals surface area contributed by atoms with E-state index in [9.17, 15) is 9.50 Å². The molecular weight excluding hydrogens is 269 g/mol. The highest BCUT2D eigenvalue weighted by Crippen LogP contribution is 2.24. The summed E-state index contributed by atoms with van der Waals surface area (Å²) < 4.78 is 19.4. The summed E-state index contributed by atoms with van der Waals surface area (Å²) in [6.45, 7) is 5.28. The van der Waals surface area contributed by atoms with Crippen molar-refractivity contribution < 1.29 is 14.2 Å². The largest absolute Gasteiger partial charge is 0.493 e. The van der Waals surface area contributed by atoms with E-state index in [1.807, 2.05) is 0 Å². The van der Waals surface area contributed by atoms with Crippen LogP contribution in [0.3, 0.4) is 0 Å². The Kier molecular flexibility index (Phi) is 8.31. The molecule has 3 N–H and O–H groups in total. The van der Waals surface area contributed by atoms with Gasteiger partial charge in [-0.05, 0) is 49.4 Å². The lowest BCUT2D eigenvalue weighted by Crippen LogP contribution is -2.12. The summed E-state index contributed by atoms with van der Waals surface area (Å²) in [6, 6.07) is 4.41. The molecule has 1 aromatic carbocycles. The maximum atomic E-state index is 13.6. The summed E-state index contributed by atoms with van der Waals surface area (Å²) >= 11 is 0. The molecule has 0 saturated heterocycles. The molecule has 4 heteroatoms. The van der Waals surface area contributed by atoms with E-state index in [0.717, 1.165) is 25.7 Å². The molecule has 3 nitrogen and oxygen atoms in total. The van der Waals surface area contributed by atoms with Gasteiger partial charge in [-0.3, -0.25) is 0 Å². The monoisotopic (exact) mass is 297 g/mol. The van der Waals surface area contributed by atoms with Crippen molar-refractivity contribution in [1.82, 2.24) is 0 Å². The Balaban J connectivity index is 2.69. The molecule has 0 aliphatic heterocycles. The number of hydrogen-bond donors (Lipinski definition) is 2. The minimum absolute atomic E-state index is 0.364. The molecule has 0 spiro atoms. The third-order valence-corrected chi connectivity index (χ3v) is 3.60. The van der Waals surface area contributed by atoms with Crippen molar-refractivity contribution in [3.05, 3.63) is 29.6 Å². The first kappa shape index (κ1) is 17.9. The fourth-order valence-electron chi connectivity index (χ4n) is 2.53. The summed E-state index contributed by atoms with van der Waals surface area (Å²) in [5.41, 5.74) is 5.95. The molecule has 0 unspecified atom stereocenters. The van der Waals surface area contributed by atoms with E-state index in [1.54, 1.807) is 6.07 Å². The maximum absolute atomic E-state index is 13.6. The zero-order valence-corrected chi connectivity index (χ0v) is 13.1. The summed E-state index contributed by atoms with van der Waals surface area (Å²) in [7, 11) is 0. The number of rotatable bonds is 10. The molecule has 0 aliphatic carbocycles. The SMILES string of the molecule is CCCC(CCC)COc1cc(F)cc([C@H](O)CCN)c1. The lowest BCUT2D eigenvalue weighted by molar-refractivity contribution is 0.168. The molecule has 0 radical (unpaired) electrons. The number of aliphatic hydroxyl groups is 1. The van der Waals surface area contributed by atoms with Crippen molar-refractivity contribution in [2.24, 2.45) is 11.7 Å². The van der Waals surface area contributed by atoms with E-state index in [-0.39, 0.29) is 5.82 Å². The Morgan fingerprint density at radius 3 is 2.38 bits per heavy atom. The van der Waals surface area contributed by atoms with Gasteiger partial charge in [0.05, 0.1) is 12.7 Å². The molecule has 0 amide bonds. The third-order valence-electron chi connectivity index (χ3n) is 3.60. The molecule has 0 saturated carbocycles. The molecular formula is C17H28FNO2. The van der Waals surface area contributed by atoms with E-state index in [2.05, 4.69) is 13.8 Å². The topological polar surface area (TPSA) is 55.5 Å². The minimum atomic E-state index is -0.741. The smallest absolute Gasteiger partial charge is 0.127 e. The molecule has 0 heterocycles. The lowest BCUT2D eigenvalue weighted by Gasteiger charge is -2.17. The van der Waals surface area contributed by atoms with Crippen LogP contribution in [-0.2, 0) is 0 Å². The second-order valence-electron chi connectivity index (χ2n) is 5.57. The predicted molar refractivity (Wildman–Crippen MR) is 83.8 cm³/mol. The van der Waals surface area contributed by atoms with Gasteiger partial charge >= 0.3 is 0 Å². The van der Waals surface area contributed by atoms with Crippen LogP contribution in [0.1, 0.15) is 57.6 Å². The van der Waals surface area contributed by atoms with Crippen LogP contribution in [0.4, 0.5) is 4.39 Å². The lowest BCUT2D eigenvalue weighted by atomic mass is 9.99. The van der Waals surface area contributed by atoms with Gasteiger partial charge in [0, 0.05) is 6.07 Å². The number of nitrogens with two attached hydrogens (primary N) is 1. The molecule has 1 rings (SSSR count). The minimum Gasteiger partial charge on any atom is -0.493 e. The van der Waals surface area contributed by atoms with Gasteiger partial charge in [-0.1, -0.05) is 26.7 Å². The van der Waals surface area contributed by atoms with Crippen molar-refractivity contribution in [1.29, 1.82) is 0 Å². The molecule has 0 bridgehead atoms. The first-order valence-corrected chi connectivity index (χ1v) is 7.92. The average molecular weight is 297 g/mol. The van der Waals surface area contributed by atoms with Crippen LogP contribution in [-0.4, -0.2) is 18.3 Å². The summed E-state index contributed by atoms with van der Waals surface area (Å²) in [4.78, 5) is 0. The van der Waals surface area contributed by atoms with Gasteiger partial charge in [-0.2, -0.15) is 0 Å². The highest BCUT2D eigenvalue weighted by Gasteiger charge is 2.12. The van der Waals surface area contributed by atoms with Crippen molar-refractivity contribution in [2.75, 3.05) is 13.2 Å². The van der Waals surface area contributed by atoms with Crippen molar-refractivity contribution >= 4 is 0 Å². The predicted octanol–water partition coefficient (Wildman–Crippen LogP) is 3.80. The van der Waals surface area contributed by atoms with Crippen LogP contribution in [0.25, 0.3) is 0 Å². The molecule has 0 aromatic heterocycles. The van der Waals surface area contributed by atoms with Gasteiger partial charge in [0.2, 0.25) is 0 Å². The Morgan fingerprint density at radius 1 is 1.14 bits per heavy atom. The second kappa shape index (κ2) is 9.74. The normalized spacial score (nSPS) is 12.7. The van der Waals surface area contributed by atoms with Gasteiger partial charge in [0.15, 0.2) is 0 Å². The number of halogens is 1. The molecule has 120 valence electrons. The van der Waals surface area contributed by atoms with Gasteiger partial charge in [-0.15, -0.1) is 0 Å². The Hall–Kier alpha value is -1.13. The van der Waals surface area contributed by atoms with Crippen LogP contribution in [0.2, 0.25) is 0 Å². The van der Waals surface area contributed by atoms with Crippen LogP contribution in [0, 0.1) is 11.7 Å². The Labute approximate surface area is 127 Å². The summed E-state index contributed by atoms with van der Waals surface area (Å²) in [5.74, 6) is 0.597. The zero-order chi connectivity index (χ0) is 15.7. The molecule has 1 aromatic rings. The first-order chi connectivity index (χ1) is 10.1. The molecule has 0 aliphatic rings. The second-order valence-corrected chi connectivity index (χ2v) is 5.57. The third kappa shape index (κ3) is 6.44. The highest BCUT2D eigenvalue weighted by molar-refractivity contribution is 5.31. The van der Waals surface area contributed by atoms with Gasteiger partial charge in [-0.25, -0.2) is 4.39 Å². The first-order valence-electron chi connectivity index (χ1n) is 7.92. The van der Waals surface area contributed by atoms with E-state index in [1.165, 1.54) is 12.1 Å². The standard InChI is InChI=1S/C17H28FNO2/c1-3-5-13(6-4-2)12-21-16-10-14(9-15(18)11-16)17(20)7-8-19/h9-11,13,17,20H,3-8,12,19H2,1-2H3/t17-/m1/s1. The van der Waals surface area contributed by atoms with Gasteiger partial charge < -0.3 is 15.6 Å². The van der Waals surface area contributed by atoms with Crippen LogP contribution in [0.15, 0.2) is 18.2 Å². The van der Waals surface area contributed by atoms with Crippen molar-refractivity contribution in [2.45, 2.75) is 52.1 Å². The summed E-state index contributed by atoms with van der Waals surface area (Å²) in [5, 5.41) is 9.91.